The molecule has 0 atom stereocenters. The van der Waals surface area contributed by atoms with Crippen LogP contribution in [-0.4, -0.2) is 62.6 Å². The van der Waals surface area contributed by atoms with Gasteiger partial charge in [0.25, 0.3) is 0 Å². The number of rotatable bonds is 8. The summed E-state index contributed by atoms with van der Waals surface area (Å²) in [6, 6.07) is 7.92. The van der Waals surface area contributed by atoms with Gasteiger partial charge in [0.1, 0.15) is 9.79 Å². The molecule has 13 nitrogen and oxygen atoms in total. The van der Waals surface area contributed by atoms with Crippen LogP contribution >= 0.6 is 11.3 Å². The van der Waals surface area contributed by atoms with Crippen LogP contribution in [0.5, 0.6) is 0 Å². The maximum atomic E-state index is 13.0. The van der Waals surface area contributed by atoms with Crippen LogP contribution in [0.2, 0.25) is 0 Å². The van der Waals surface area contributed by atoms with Gasteiger partial charge >= 0.3 is 0 Å². The van der Waals surface area contributed by atoms with Gasteiger partial charge in [-0.1, -0.05) is 29.5 Å². The smallest absolute Gasteiger partial charge is 0.242 e. The number of primary sulfonamides is 1. The van der Waals surface area contributed by atoms with E-state index in [-0.39, 0.29) is 17.9 Å². The van der Waals surface area contributed by atoms with Crippen LogP contribution in [-0.2, 0) is 20.0 Å². The summed E-state index contributed by atoms with van der Waals surface area (Å²) in [4.78, 5) is 3.18. The number of nitrogens with two attached hydrogens (primary N) is 3. The van der Waals surface area contributed by atoms with Crippen molar-refractivity contribution in [1.82, 2.24) is 30.3 Å². The number of fused-ring (bicyclic) bond motifs is 1. The number of anilines is 1. The number of aromatic amines is 1. The van der Waals surface area contributed by atoms with Crippen LogP contribution in [0.3, 0.4) is 0 Å². The molecule has 0 saturated carbocycles. The van der Waals surface area contributed by atoms with Gasteiger partial charge in [-0.25, -0.2) is 31.7 Å². The van der Waals surface area contributed by atoms with Crippen molar-refractivity contribution in [3.63, 3.8) is 0 Å². The maximum absolute atomic E-state index is 13.0. The van der Waals surface area contributed by atoms with E-state index in [1.807, 2.05) is 6.07 Å². The Bertz CT molecular complexity index is 1530. The number of thiazole rings is 1. The highest BCUT2D eigenvalue weighted by atomic mass is 32.2. The molecule has 4 aromatic rings. The minimum Gasteiger partial charge on any atom is -0.375 e. The van der Waals surface area contributed by atoms with Crippen LogP contribution in [0, 0.1) is 0 Å². The second-order valence-electron chi connectivity index (χ2n) is 6.89. The van der Waals surface area contributed by atoms with Gasteiger partial charge < -0.3 is 11.1 Å². The summed E-state index contributed by atoms with van der Waals surface area (Å²) in [6.07, 6.45) is 0. The van der Waals surface area contributed by atoms with Gasteiger partial charge in [-0.05, 0) is 22.9 Å². The molecule has 0 fully saturated rings. The number of nitrogen functional groups attached to an aromatic ring is 1. The molecule has 0 unspecified atom stereocenters. The van der Waals surface area contributed by atoms with Crippen molar-refractivity contribution in [3.8, 4) is 22.5 Å². The highest BCUT2D eigenvalue weighted by molar-refractivity contribution is 7.92. The Labute approximate surface area is 192 Å². The third kappa shape index (κ3) is 4.43. The Hall–Kier alpha value is -3.02. The number of likely N-dealkylation sites (N-methyl/N-ethyl adjacent to an activating group) is 1. The van der Waals surface area contributed by atoms with Gasteiger partial charge in [-0.2, -0.15) is 5.21 Å². The van der Waals surface area contributed by atoms with E-state index in [0.29, 0.717) is 28.3 Å². The van der Waals surface area contributed by atoms with Gasteiger partial charge in [-0.15, -0.1) is 10.2 Å². The predicted molar refractivity (Wildman–Crippen MR) is 122 cm³/mol. The molecule has 0 radical (unpaired) electrons. The third-order valence-electron chi connectivity index (χ3n) is 4.72. The molecule has 0 spiro atoms. The Morgan fingerprint density at radius 3 is 2.61 bits per heavy atom. The van der Waals surface area contributed by atoms with Crippen LogP contribution < -0.4 is 20.9 Å². The first-order chi connectivity index (χ1) is 15.6. The lowest BCUT2D eigenvalue weighted by atomic mass is 9.98. The Morgan fingerprint density at radius 1 is 1.15 bits per heavy atom. The number of hydrogen-bond acceptors (Lipinski definition) is 10. The van der Waals surface area contributed by atoms with Gasteiger partial charge in [0, 0.05) is 5.56 Å². The minimum absolute atomic E-state index is 0.0829. The van der Waals surface area contributed by atoms with Crippen LogP contribution in [0.15, 0.2) is 40.1 Å². The molecule has 0 saturated heterocycles. The van der Waals surface area contributed by atoms with E-state index in [1.165, 1.54) is 23.5 Å². The lowest BCUT2D eigenvalue weighted by Crippen LogP contribution is -2.81. The fraction of sp³-hybridized carbons (Fsp3) is 0.176. The van der Waals surface area contributed by atoms with Crippen LogP contribution in [0.1, 0.15) is 0 Å². The van der Waals surface area contributed by atoms with Crippen molar-refractivity contribution >= 4 is 46.7 Å². The number of H-pyrrole nitrogens is 1. The fourth-order valence-electron chi connectivity index (χ4n) is 3.37. The van der Waals surface area contributed by atoms with Gasteiger partial charge in [-0.3, -0.25) is 0 Å². The maximum Gasteiger partial charge on any atom is 0.242 e. The monoisotopic (exact) mass is 510 g/mol. The molecule has 174 valence electrons. The zero-order chi connectivity index (χ0) is 23.8. The molecule has 4 rings (SSSR count). The van der Waals surface area contributed by atoms with Crippen molar-refractivity contribution in [2.75, 3.05) is 25.9 Å². The number of benzene rings is 2. The first-order valence-corrected chi connectivity index (χ1v) is 13.3. The Morgan fingerprint density at radius 2 is 1.94 bits per heavy atom. The highest BCUT2D eigenvalue weighted by Gasteiger charge is 2.32. The fourth-order valence-corrected chi connectivity index (χ4v) is 6.78. The molecule has 0 aliphatic heterocycles. The molecule has 0 aliphatic rings. The number of hydrogen-bond donors (Lipinski definition) is 5. The van der Waals surface area contributed by atoms with Crippen molar-refractivity contribution in [3.05, 3.63) is 30.3 Å². The molecular weight excluding hydrogens is 490 g/mol. The largest absolute Gasteiger partial charge is 0.375 e. The lowest BCUT2D eigenvalue weighted by molar-refractivity contribution is -0.624. The van der Waals surface area contributed by atoms with E-state index in [4.69, 9.17) is 10.9 Å². The van der Waals surface area contributed by atoms with E-state index in [9.17, 15) is 16.8 Å². The number of tetrazole rings is 1. The zero-order valence-electron chi connectivity index (χ0n) is 17.2. The molecule has 16 heteroatoms. The summed E-state index contributed by atoms with van der Waals surface area (Å²) in [5, 5.41) is 21.2. The molecule has 8 N–H and O–H groups in total. The molecule has 2 heterocycles. The number of quaternary nitrogens is 1. The first kappa shape index (κ1) is 23.1. The standard InChI is InChI=1S/C17H19N9O4S3/c1-20-7-8-21-33(29,30)12-6-5-9(10-3-2-4-11-14(10)22-17(18)31-11)13(15(12)32(19,27)28)16-23-25-26-24-16/h2-6,20-21H,7-8H2,1H3,(H2,18,22)(H2,19,27,28)(H,23,24,25,26)/p+1. The SMILES string of the molecule is C[NH2+]CCNS(=O)(=O)c1ccc(-c2cccc3sc(N)nc23)c(-c2nn[nH]n2)c1S(N)(=O)=O. The van der Waals surface area contributed by atoms with E-state index < -0.39 is 29.8 Å². The molecule has 0 amide bonds. The Kier molecular flexibility index (Phi) is 6.12. The minimum atomic E-state index is -4.57. The second kappa shape index (κ2) is 8.73. The molecule has 0 bridgehead atoms. The summed E-state index contributed by atoms with van der Waals surface area (Å²) in [7, 11) is -7.04. The summed E-state index contributed by atoms with van der Waals surface area (Å²) in [5.74, 6) is -0.145. The van der Waals surface area contributed by atoms with Crippen molar-refractivity contribution in [2.24, 2.45) is 5.14 Å². The normalized spacial score (nSPS) is 12.4. The number of nitrogens with one attached hydrogen (secondary N) is 2. The number of nitrogens with zero attached hydrogens (tertiary/aromatic N) is 4. The predicted octanol–water partition coefficient (Wildman–Crippen LogP) is -1.16. The average molecular weight is 511 g/mol. The molecule has 2 aromatic heterocycles. The second-order valence-corrected chi connectivity index (χ2v) is 11.2. The topological polar surface area (TPSA) is 216 Å². The summed E-state index contributed by atoms with van der Waals surface area (Å²) >= 11 is 1.26. The molecule has 0 aliphatic carbocycles. The molecule has 33 heavy (non-hydrogen) atoms. The quantitative estimate of drug-likeness (QED) is 0.180. The summed E-state index contributed by atoms with van der Waals surface area (Å²) in [5.41, 5.74) is 7.07. The first-order valence-electron chi connectivity index (χ1n) is 9.50. The van der Waals surface area contributed by atoms with Crippen molar-refractivity contribution in [1.29, 1.82) is 0 Å². The average Bonchev–Trinajstić information content (AvgIpc) is 3.40. The third-order valence-corrected chi connectivity index (χ3v) is 8.19. The summed E-state index contributed by atoms with van der Waals surface area (Å²) < 4.78 is 54.7. The van der Waals surface area contributed by atoms with Crippen molar-refractivity contribution in [2.45, 2.75) is 9.79 Å². The van der Waals surface area contributed by atoms with Crippen LogP contribution in [0.4, 0.5) is 5.13 Å². The van der Waals surface area contributed by atoms with Gasteiger partial charge in [0.15, 0.2) is 5.13 Å². The number of aromatic nitrogens is 5. The van der Waals surface area contributed by atoms with Crippen molar-refractivity contribution < 1.29 is 22.2 Å². The van der Waals surface area contributed by atoms with E-state index in [1.54, 1.807) is 24.5 Å². The molecule has 2 aromatic carbocycles. The Balaban J connectivity index is 2.08. The lowest BCUT2D eigenvalue weighted by Gasteiger charge is -2.16. The van der Waals surface area contributed by atoms with E-state index >= 15 is 0 Å². The summed E-state index contributed by atoms with van der Waals surface area (Å²) in [6.45, 7) is 0.534. The van der Waals surface area contributed by atoms with E-state index in [0.717, 1.165) is 4.70 Å². The van der Waals surface area contributed by atoms with E-state index in [2.05, 4.69) is 30.3 Å². The number of sulfonamides is 2. The highest BCUT2D eigenvalue weighted by Crippen LogP contribution is 2.41. The van der Waals surface area contributed by atoms with Gasteiger partial charge in [0.05, 0.1) is 35.9 Å². The number of para-hydroxylation sites is 1. The molecular formula is C17H20N9O4S3+. The van der Waals surface area contributed by atoms with Gasteiger partial charge in [0.2, 0.25) is 25.9 Å². The zero-order valence-corrected chi connectivity index (χ0v) is 19.6. The van der Waals surface area contributed by atoms with Crippen LogP contribution in [0.25, 0.3) is 32.7 Å².